The quantitative estimate of drug-likeness (QED) is 0.503. The van der Waals surface area contributed by atoms with E-state index in [9.17, 15) is 9.59 Å². The molecule has 2 amide bonds. The summed E-state index contributed by atoms with van der Waals surface area (Å²) in [5, 5.41) is 0. The summed E-state index contributed by atoms with van der Waals surface area (Å²) >= 11 is 0. The third-order valence-corrected chi connectivity index (χ3v) is 6.81. The van der Waals surface area contributed by atoms with E-state index >= 15 is 0 Å². The molecule has 1 aliphatic heterocycles. The fourth-order valence-corrected chi connectivity index (χ4v) is 4.14. The zero-order valence-corrected chi connectivity index (χ0v) is 21.0. The average molecular weight is 467 g/mol. The van der Waals surface area contributed by atoms with Gasteiger partial charge in [0.25, 0.3) is 11.8 Å². The molecule has 0 radical (unpaired) electrons. The van der Waals surface area contributed by atoms with Gasteiger partial charge in [-0.2, -0.15) is 0 Å². The molecule has 1 aliphatic rings. The first kappa shape index (κ1) is 25.6. The van der Waals surface area contributed by atoms with Crippen LogP contribution in [0.2, 0.25) is 0 Å². The van der Waals surface area contributed by atoms with Gasteiger partial charge in [-0.25, -0.2) is 0 Å². The largest absolute Gasteiger partial charge is 0.483 e. The molecule has 1 saturated heterocycles. The Labute approximate surface area is 203 Å². The molecule has 0 unspecified atom stereocenters. The third-order valence-electron chi connectivity index (χ3n) is 6.81. The summed E-state index contributed by atoms with van der Waals surface area (Å²) in [4.78, 5) is 29.0. The molecule has 6 heteroatoms. The second-order valence-corrected chi connectivity index (χ2v) is 9.03. The van der Waals surface area contributed by atoms with Gasteiger partial charge in [-0.3, -0.25) is 9.59 Å². The van der Waals surface area contributed by atoms with Gasteiger partial charge in [0.05, 0.1) is 0 Å². The number of rotatable bonds is 10. The van der Waals surface area contributed by atoms with Gasteiger partial charge in [-0.1, -0.05) is 64.1 Å². The number of piperazine rings is 1. The molecular formula is C28H38N2O4. The lowest BCUT2D eigenvalue weighted by Crippen LogP contribution is -2.52. The van der Waals surface area contributed by atoms with Crippen molar-refractivity contribution in [1.82, 2.24) is 9.80 Å². The van der Waals surface area contributed by atoms with Gasteiger partial charge < -0.3 is 19.3 Å². The van der Waals surface area contributed by atoms with E-state index in [0.29, 0.717) is 38.0 Å². The fraction of sp³-hybridized carbons (Fsp3) is 0.500. The van der Waals surface area contributed by atoms with Gasteiger partial charge in [0.1, 0.15) is 11.5 Å². The summed E-state index contributed by atoms with van der Waals surface area (Å²) in [5.41, 5.74) is 2.26. The van der Waals surface area contributed by atoms with Crippen LogP contribution in [0.1, 0.15) is 63.5 Å². The van der Waals surface area contributed by atoms with Gasteiger partial charge in [-0.05, 0) is 47.9 Å². The second-order valence-electron chi connectivity index (χ2n) is 9.03. The van der Waals surface area contributed by atoms with Crippen molar-refractivity contribution >= 4 is 11.8 Å². The van der Waals surface area contributed by atoms with Crippen molar-refractivity contribution in [2.45, 2.75) is 52.4 Å². The van der Waals surface area contributed by atoms with E-state index < -0.39 is 0 Å². The minimum absolute atomic E-state index is 0.0108. The lowest BCUT2D eigenvalue weighted by Gasteiger charge is -2.34. The van der Waals surface area contributed by atoms with Crippen molar-refractivity contribution in [3.05, 3.63) is 59.7 Å². The average Bonchev–Trinajstić information content (AvgIpc) is 2.89. The van der Waals surface area contributed by atoms with Crippen LogP contribution in [0.4, 0.5) is 0 Å². The predicted molar refractivity (Wildman–Crippen MR) is 134 cm³/mol. The SMILES string of the molecule is CC[C@@H](C)c1ccccc1OCC(=O)N1CCN(C(=O)COc2ccccc2[C@@H](C)CC)CC1. The summed E-state index contributed by atoms with van der Waals surface area (Å²) < 4.78 is 11.8. The number of carbonyl (C=O) groups is 2. The second kappa shape index (κ2) is 12.4. The molecule has 3 rings (SSSR count). The highest BCUT2D eigenvalue weighted by Crippen LogP contribution is 2.29. The fourth-order valence-electron chi connectivity index (χ4n) is 4.14. The minimum Gasteiger partial charge on any atom is -0.483 e. The molecule has 2 aromatic rings. The number of amides is 2. The zero-order chi connectivity index (χ0) is 24.5. The Bertz CT molecular complexity index is 875. The number of hydrogen-bond acceptors (Lipinski definition) is 4. The van der Waals surface area contributed by atoms with Crippen molar-refractivity contribution in [2.75, 3.05) is 39.4 Å². The predicted octanol–water partition coefficient (Wildman–Crippen LogP) is 4.84. The molecule has 0 bridgehead atoms. The van der Waals surface area contributed by atoms with Gasteiger partial charge in [0, 0.05) is 26.2 Å². The smallest absolute Gasteiger partial charge is 0.260 e. The van der Waals surface area contributed by atoms with E-state index in [4.69, 9.17) is 9.47 Å². The van der Waals surface area contributed by atoms with E-state index in [0.717, 1.165) is 35.5 Å². The van der Waals surface area contributed by atoms with Crippen molar-refractivity contribution < 1.29 is 19.1 Å². The molecule has 34 heavy (non-hydrogen) atoms. The van der Waals surface area contributed by atoms with Gasteiger partial charge in [0.15, 0.2) is 13.2 Å². The van der Waals surface area contributed by atoms with Crippen LogP contribution in [0.25, 0.3) is 0 Å². The van der Waals surface area contributed by atoms with Crippen molar-refractivity contribution in [3.8, 4) is 11.5 Å². The van der Waals surface area contributed by atoms with Gasteiger partial charge >= 0.3 is 0 Å². The third kappa shape index (κ3) is 6.52. The highest BCUT2D eigenvalue weighted by atomic mass is 16.5. The van der Waals surface area contributed by atoms with Crippen molar-refractivity contribution in [3.63, 3.8) is 0 Å². The maximum atomic E-state index is 12.7. The van der Waals surface area contributed by atoms with E-state index in [-0.39, 0.29) is 25.0 Å². The van der Waals surface area contributed by atoms with Crippen LogP contribution in [-0.4, -0.2) is 61.0 Å². The number of carbonyl (C=O) groups excluding carboxylic acids is 2. The minimum atomic E-state index is -0.0511. The van der Waals surface area contributed by atoms with E-state index in [1.807, 2.05) is 36.4 Å². The molecule has 6 nitrogen and oxygen atoms in total. The number of ether oxygens (including phenoxy) is 2. The van der Waals surface area contributed by atoms with Crippen LogP contribution in [0.5, 0.6) is 11.5 Å². The van der Waals surface area contributed by atoms with Crippen LogP contribution >= 0.6 is 0 Å². The first-order valence-electron chi connectivity index (χ1n) is 12.4. The number of nitrogens with zero attached hydrogens (tertiary/aromatic N) is 2. The Hall–Kier alpha value is -3.02. The Morgan fingerprint density at radius 2 is 1.06 bits per heavy atom. The summed E-state index contributed by atoms with van der Waals surface area (Å²) in [6.07, 6.45) is 2.02. The molecule has 2 aromatic carbocycles. The standard InChI is InChI=1S/C28H38N2O4/c1-5-21(3)23-11-7-9-13-25(23)33-19-27(31)29-15-17-30(18-16-29)28(32)20-34-26-14-10-8-12-24(26)22(4)6-2/h7-14,21-22H,5-6,15-20H2,1-4H3/t21-,22+. The summed E-state index contributed by atoms with van der Waals surface area (Å²) in [6, 6.07) is 15.8. The van der Waals surface area contributed by atoms with Crippen LogP contribution in [-0.2, 0) is 9.59 Å². The maximum Gasteiger partial charge on any atom is 0.260 e. The summed E-state index contributed by atoms with van der Waals surface area (Å²) in [6.45, 7) is 10.6. The molecule has 184 valence electrons. The lowest BCUT2D eigenvalue weighted by molar-refractivity contribution is -0.141. The van der Waals surface area contributed by atoms with E-state index in [1.165, 1.54) is 0 Å². The Kier molecular flexibility index (Phi) is 9.37. The van der Waals surface area contributed by atoms with Crippen molar-refractivity contribution in [2.24, 2.45) is 0 Å². The van der Waals surface area contributed by atoms with Crippen LogP contribution < -0.4 is 9.47 Å². The lowest BCUT2D eigenvalue weighted by atomic mass is 9.98. The molecule has 0 saturated carbocycles. The first-order valence-corrected chi connectivity index (χ1v) is 12.4. The topological polar surface area (TPSA) is 59.1 Å². The molecule has 2 atom stereocenters. The first-order chi connectivity index (χ1) is 16.4. The normalized spacial score (nSPS) is 15.5. The maximum absolute atomic E-state index is 12.7. The van der Waals surface area contributed by atoms with Crippen LogP contribution in [0, 0.1) is 0 Å². The monoisotopic (exact) mass is 466 g/mol. The van der Waals surface area contributed by atoms with Crippen LogP contribution in [0.3, 0.4) is 0 Å². The zero-order valence-electron chi connectivity index (χ0n) is 21.0. The molecule has 0 aromatic heterocycles. The highest BCUT2D eigenvalue weighted by Gasteiger charge is 2.25. The van der Waals surface area contributed by atoms with E-state index in [2.05, 4.69) is 39.8 Å². The number of hydrogen-bond donors (Lipinski definition) is 0. The Morgan fingerprint density at radius 3 is 1.41 bits per heavy atom. The molecular weight excluding hydrogens is 428 g/mol. The molecule has 1 fully saturated rings. The van der Waals surface area contributed by atoms with Crippen molar-refractivity contribution in [1.29, 1.82) is 0 Å². The number of para-hydroxylation sites is 2. The summed E-state index contributed by atoms with van der Waals surface area (Å²) in [5.74, 6) is 2.19. The molecule has 0 spiro atoms. The highest BCUT2D eigenvalue weighted by molar-refractivity contribution is 5.80. The molecule has 0 N–H and O–H groups in total. The Morgan fingerprint density at radius 1 is 0.706 bits per heavy atom. The molecule has 0 aliphatic carbocycles. The van der Waals surface area contributed by atoms with Crippen LogP contribution in [0.15, 0.2) is 48.5 Å². The van der Waals surface area contributed by atoms with Gasteiger partial charge in [0.2, 0.25) is 0 Å². The molecule has 1 heterocycles. The summed E-state index contributed by atoms with van der Waals surface area (Å²) in [7, 11) is 0. The van der Waals surface area contributed by atoms with Gasteiger partial charge in [-0.15, -0.1) is 0 Å². The Balaban J connectivity index is 1.46. The van der Waals surface area contributed by atoms with E-state index in [1.54, 1.807) is 9.80 Å². The number of benzene rings is 2.